The summed E-state index contributed by atoms with van der Waals surface area (Å²) in [7, 11) is 0. The molecule has 7 nitrogen and oxygen atoms in total. The van der Waals surface area contributed by atoms with Crippen molar-refractivity contribution in [2.45, 2.75) is 50.7 Å². The van der Waals surface area contributed by atoms with E-state index in [9.17, 15) is 4.79 Å². The van der Waals surface area contributed by atoms with Gasteiger partial charge >= 0.3 is 0 Å². The second-order valence-corrected chi connectivity index (χ2v) is 6.94. The van der Waals surface area contributed by atoms with Crippen molar-refractivity contribution in [2.75, 3.05) is 18.1 Å². The van der Waals surface area contributed by atoms with Gasteiger partial charge in [0.2, 0.25) is 11.1 Å². The van der Waals surface area contributed by atoms with Crippen LogP contribution in [0.25, 0.3) is 11.4 Å². The monoisotopic (exact) mass is 349 g/mol. The third kappa shape index (κ3) is 3.28. The average molecular weight is 349 g/mol. The van der Waals surface area contributed by atoms with Crippen LogP contribution in [0.1, 0.15) is 38.4 Å². The molecule has 0 aliphatic carbocycles. The maximum atomic E-state index is 12.5. The number of hydrogen-bond acceptors (Lipinski definition) is 6. The number of thioether (sulfide) groups is 1. The third-order valence-corrected chi connectivity index (χ3v) is 5.44. The first-order valence-corrected chi connectivity index (χ1v) is 9.27. The Morgan fingerprint density at radius 2 is 2.29 bits per heavy atom. The summed E-state index contributed by atoms with van der Waals surface area (Å²) in [5.74, 6) is 7.84. The largest absolute Gasteiger partial charge is 0.469 e. The summed E-state index contributed by atoms with van der Waals surface area (Å²) in [5, 5.41) is 8.76. The molecule has 1 saturated heterocycles. The first-order valence-electron chi connectivity index (χ1n) is 8.29. The molecule has 1 amide bonds. The first kappa shape index (κ1) is 16.9. The zero-order valence-corrected chi connectivity index (χ0v) is 14.9. The number of carbonyl (C=O) groups excluding carboxylic acids is 1. The van der Waals surface area contributed by atoms with Crippen LogP contribution in [0.4, 0.5) is 0 Å². The maximum absolute atomic E-state index is 12.5. The van der Waals surface area contributed by atoms with Crippen molar-refractivity contribution in [3.8, 4) is 11.4 Å². The lowest BCUT2D eigenvalue weighted by Gasteiger charge is -2.35. The van der Waals surface area contributed by atoms with Crippen molar-refractivity contribution >= 4 is 17.7 Å². The van der Waals surface area contributed by atoms with E-state index < -0.39 is 0 Å². The van der Waals surface area contributed by atoms with Crippen LogP contribution in [0.15, 0.2) is 21.9 Å². The molecule has 0 saturated carbocycles. The lowest BCUT2D eigenvalue weighted by Crippen LogP contribution is -2.44. The second-order valence-electron chi connectivity index (χ2n) is 6.00. The van der Waals surface area contributed by atoms with Gasteiger partial charge in [0.05, 0.1) is 17.6 Å². The van der Waals surface area contributed by atoms with Gasteiger partial charge in [0.1, 0.15) is 5.76 Å². The van der Waals surface area contributed by atoms with E-state index in [1.54, 1.807) is 6.26 Å². The number of rotatable bonds is 5. The van der Waals surface area contributed by atoms with E-state index in [-0.39, 0.29) is 5.91 Å². The van der Waals surface area contributed by atoms with Crippen LogP contribution in [0, 0.1) is 6.92 Å². The number of nitrogens with two attached hydrogens (primary N) is 1. The molecule has 3 heterocycles. The Morgan fingerprint density at radius 1 is 1.46 bits per heavy atom. The van der Waals surface area contributed by atoms with Gasteiger partial charge in [-0.2, -0.15) is 0 Å². The van der Waals surface area contributed by atoms with Gasteiger partial charge < -0.3 is 15.2 Å². The zero-order valence-electron chi connectivity index (χ0n) is 14.1. The number of carbonyl (C=O) groups is 1. The van der Waals surface area contributed by atoms with Gasteiger partial charge in [-0.1, -0.05) is 18.7 Å². The highest BCUT2D eigenvalue weighted by Gasteiger charge is 2.26. The fourth-order valence-corrected chi connectivity index (χ4v) is 3.88. The quantitative estimate of drug-likeness (QED) is 0.659. The normalized spacial score (nSPS) is 18.1. The summed E-state index contributed by atoms with van der Waals surface area (Å²) in [6.07, 6.45) is 6.00. The average Bonchev–Trinajstić information content (AvgIpc) is 3.18. The number of hydrogen-bond donors (Lipinski definition) is 1. The SMILES string of the molecule is CCC1CCCCN1C(=O)CSc1nnc(-c2ccoc2C)n1N. The Balaban J connectivity index is 1.66. The number of aromatic nitrogens is 3. The summed E-state index contributed by atoms with van der Waals surface area (Å²) in [6.45, 7) is 4.84. The molecule has 1 atom stereocenters. The van der Waals surface area contributed by atoms with Crippen molar-refractivity contribution < 1.29 is 9.21 Å². The first-order chi connectivity index (χ1) is 11.6. The molecule has 3 rings (SSSR count). The van der Waals surface area contributed by atoms with E-state index in [2.05, 4.69) is 17.1 Å². The van der Waals surface area contributed by atoms with E-state index in [1.165, 1.54) is 22.9 Å². The highest BCUT2D eigenvalue weighted by atomic mass is 32.2. The number of nitrogen functional groups attached to an aromatic ring is 1. The van der Waals surface area contributed by atoms with Gasteiger partial charge in [-0.05, 0) is 38.7 Å². The van der Waals surface area contributed by atoms with Gasteiger partial charge in [-0.15, -0.1) is 10.2 Å². The molecule has 1 unspecified atom stereocenters. The molecule has 0 spiro atoms. The van der Waals surface area contributed by atoms with E-state index in [4.69, 9.17) is 10.3 Å². The van der Waals surface area contributed by atoms with Crippen LogP contribution in [0.5, 0.6) is 0 Å². The van der Waals surface area contributed by atoms with Gasteiger partial charge in [0, 0.05) is 12.6 Å². The molecular weight excluding hydrogens is 326 g/mol. The van der Waals surface area contributed by atoms with Gasteiger partial charge in [-0.25, -0.2) is 4.68 Å². The van der Waals surface area contributed by atoms with Crippen molar-refractivity contribution in [3.05, 3.63) is 18.1 Å². The molecule has 8 heteroatoms. The summed E-state index contributed by atoms with van der Waals surface area (Å²) < 4.78 is 6.70. The Hall–Kier alpha value is -1.96. The van der Waals surface area contributed by atoms with Crippen molar-refractivity contribution in [2.24, 2.45) is 0 Å². The Kier molecular flexibility index (Phi) is 5.13. The van der Waals surface area contributed by atoms with Crippen molar-refractivity contribution in [1.82, 2.24) is 19.8 Å². The number of nitrogens with zero attached hydrogens (tertiary/aromatic N) is 4. The minimum Gasteiger partial charge on any atom is -0.469 e. The van der Waals surface area contributed by atoms with Crippen molar-refractivity contribution in [3.63, 3.8) is 0 Å². The van der Waals surface area contributed by atoms with Crippen molar-refractivity contribution in [1.29, 1.82) is 0 Å². The van der Waals surface area contributed by atoms with Crippen LogP contribution < -0.4 is 5.84 Å². The molecule has 0 bridgehead atoms. The van der Waals surface area contributed by atoms with E-state index >= 15 is 0 Å². The van der Waals surface area contributed by atoms with E-state index in [1.807, 2.05) is 17.9 Å². The Labute approximate surface area is 145 Å². The fraction of sp³-hybridized carbons (Fsp3) is 0.562. The molecule has 130 valence electrons. The number of likely N-dealkylation sites (tertiary alicyclic amines) is 1. The predicted octanol–water partition coefficient (Wildman–Crippen LogP) is 2.44. The molecular formula is C16H23N5O2S. The highest BCUT2D eigenvalue weighted by molar-refractivity contribution is 7.99. The highest BCUT2D eigenvalue weighted by Crippen LogP contribution is 2.26. The molecule has 24 heavy (non-hydrogen) atoms. The number of aryl methyl sites for hydroxylation is 1. The van der Waals surface area contributed by atoms with Gasteiger partial charge in [-0.3, -0.25) is 4.79 Å². The molecule has 2 aromatic rings. The molecule has 0 radical (unpaired) electrons. The van der Waals surface area contributed by atoms with Crippen LogP contribution >= 0.6 is 11.8 Å². The number of amides is 1. The standard InChI is InChI=1S/C16H23N5O2S/c1-3-12-6-4-5-8-20(12)14(22)10-24-16-19-18-15(21(16)17)13-7-9-23-11(13)2/h7,9,12H,3-6,8,10,17H2,1-2H3. The van der Waals surface area contributed by atoms with E-state index in [0.717, 1.165) is 37.1 Å². The van der Waals surface area contributed by atoms with Crippen LogP contribution in [0.3, 0.4) is 0 Å². The molecule has 2 aromatic heterocycles. The molecule has 1 aliphatic rings. The molecule has 2 N–H and O–H groups in total. The minimum atomic E-state index is 0.149. The lowest BCUT2D eigenvalue weighted by atomic mass is 10.0. The van der Waals surface area contributed by atoms with Gasteiger partial charge in [0.15, 0.2) is 5.82 Å². The van der Waals surface area contributed by atoms with Crippen LogP contribution in [-0.4, -0.2) is 44.0 Å². The third-order valence-electron chi connectivity index (χ3n) is 4.51. The second kappa shape index (κ2) is 7.29. The van der Waals surface area contributed by atoms with Crippen LogP contribution in [-0.2, 0) is 4.79 Å². The summed E-state index contributed by atoms with van der Waals surface area (Å²) in [6, 6.07) is 2.17. The minimum absolute atomic E-state index is 0.149. The maximum Gasteiger partial charge on any atom is 0.233 e. The predicted molar refractivity (Wildman–Crippen MR) is 93.0 cm³/mol. The zero-order chi connectivity index (χ0) is 17.1. The smallest absolute Gasteiger partial charge is 0.233 e. The Bertz CT molecular complexity index is 711. The summed E-state index contributed by atoms with van der Waals surface area (Å²) in [4.78, 5) is 14.5. The lowest BCUT2D eigenvalue weighted by molar-refractivity contribution is -0.132. The Morgan fingerprint density at radius 3 is 3.00 bits per heavy atom. The fourth-order valence-electron chi connectivity index (χ4n) is 3.14. The van der Waals surface area contributed by atoms with Gasteiger partial charge in [0.25, 0.3) is 0 Å². The molecule has 1 aliphatic heterocycles. The summed E-state index contributed by atoms with van der Waals surface area (Å²) >= 11 is 1.33. The number of piperidine rings is 1. The van der Waals surface area contributed by atoms with Crippen LogP contribution in [0.2, 0.25) is 0 Å². The topological polar surface area (TPSA) is 90.2 Å². The molecule has 0 aromatic carbocycles. The molecule has 1 fully saturated rings. The number of furan rings is 1. The summed E-state index contributed by atoms with van der Waals surface area (Å²) in [5.41, 5.74) is 0.810. The van der Waals surface area contributed by atoms with E-state index in [0.29, 0.717) is 22.8 Å².